The molecule has 1 aromatic carbocycles. The fourth-order valence-corrected chi connectivity index (χ4v) is 2.68. The summed E-state index contributed by atoms with van der Waals surface area (Å²) in [4.78, 5) is 14.8. The van der Waals surface area contributed by atoms with Crippen molar-refractivity contribution in [1.82, 2.24) is 4.90 Å². The molecule has 106 valence electrons. The summed E-state index contributed by atoms with van der Waals surface area (Å²) in [6, 6.07) is 7.45. The van der Waals surface area contributed by atoms with Gasteiger partial charge in [0.15, 0.2) is 0 Å². The summed E-state index contributed by atoms with van der Waals surface area (Å²) in [5, 5.41) is 9.77. The Bertz CT molecular complexity index is 408. The highest BCUT2D eigenvalue weighted by atomic mass is 35.5. The van der Waals surface area contributed by atoms with Gasteiger partial charge in [0.2, 0.25) is 5.91 Å². The van der Waals surface area contributed by atoms with Crippen molar-refractivity contribution >= 4 is 29.3 Å². The topological polar surface area (TPSA) is 40.5 Å². The SMILES string of the molecule is CC(O)CCN(C)C(=O)C(C)Sc1ccc(Cl)cc1. The standard InChI is InChI=1S/C14H20ClNO2S/c1-10(17)8-9-16(3)14(18)11(2)19-13-6-4-12(15)5-7-13/h4-7,10-11,17H,8-9H2,1-3H3. The molecule has 0 saturated heterocycles. The molecule has 0 aliphatic heterocycles. The molecule has 0 radical (unpaired) electrons. The highest BCUT2D eigenvalue weighted by molar-refractivity contribution is 8.00. The van der Waals surface area contributed by atoms with E-state index in [1.807, 2.05) is 31.2 Å². The molecule has 2 atom stereocenters. The Kier molecular flexibility index (Phi) is 6.69. The molecule has 1 amide bonds. The second kappa shape index (κ2) is 7.78. The fourth-order valence-electron chi connectivity index (χ4n) is 1.57. The minimum Gasteiger partial charge on any atom is -0.393 e. The number of thioether (sulfide) groups is 1. The first-order valence-corrected chi connectivity index (χ1v) is 7.51. The number of halogens is 1. The lowest BCUT2D eigenvalue weighted by molar-refractivity contribution is -0.129. The van der Waals surface area contributed by atoms with Crippen LogP contribution in [0.2, 0.25) is 5.02 Å². The summed E-state index contributed by atoms with van der Waals surface area (Å²) in [5.41, 5.74) is 0. The van der Waals surface area contributed by atoms with E-state index in [2.05, 4.69) is 0 Å². The van der Waals surface area contributed by atoms with E-state index in [1.54, 1.807) is 18.9 Å². The zero-order chi connectivity index (χ0) is 14.4. The molecule has 0 bridgehead atoms. The number of benzene rings is 1. The van der Waals surface area contributed by atoms with E-state index in [9.17, 15) is 9.90 Å². The smallest absolute Gasteiger partial charge is 0.235 e. The fraction of sp³-hybridized carbons (Fsp3) is 0.500. The van der Waals surface area contributed by atoms with E-state index < -0.39 is 0 Å². The first-order valence-electron chi connectivity index (χ1n) is 6.25. The summed E-state index contributed by atoms with van der Waals surface area (Å²) in [6.07, 6.45) is 0.218. The van der Waals surface area contributed by atoms with Crippen LogP contribution < -0.4 is 0 Å². The van der Waals surface area contributed by atoms with Gasteiger partial charge in [-0.1, -0.05) is 11.6 Å². The van der Waals surface area contributed by atoms with Gasteiger partial charge in [-0.15, -0.1) is 11.8 Å². The van der Waals surface area contributed by atoms with Crippen LogP contribution in [0.25, 0.3) is 0 Å². The number of rotatable bonds is 6. The van der Waals surface area contributed by atoms with Gasteiger partial charge in [-0.25, -0.2) is 0 Å². The summed E-state index contributed by atoms with van der Waals surface area (Å²) < 4.78 is 0. The molecule has 0 aromatic heterocycles. The molecular weight excluding hydrogens is 282 g/mol. The number of carbonyl (C=O) groups excluding carboxylic acids is 1. The molecule has 0 aliphatic rings. The summed E-state index contributed by atoms with van der Waals surface area (Å²) in [6.45, 7) is 4.19. The summed E-state index contributed by atoms with van der Waals surface area (Å²) in [7, 11) is 1.77. The lowest BCUT2D eigenvalue weighted by Crippen LogP contribution is -2.35. The second-order valence-electron chi connectivity index (χ2n) is 4.61. The number of hydrogen-bond acceptors (Lipinski definition) is 3. The minimum atomic E-state index is -0.380. The van der Waals surface area contributed by atoms with E-state index in [0.29, 0.717) is 18.0 Å². The Morgan fingerprint density at radius 1 is 1.37 bits per heavy atom. The molecule has 0 heterocycles. The van der Waals surface area contributed by atoms with Crippen LogP contribution in [0.5, 0.6) is 0 Å². The molecular formula is C14H20ClNO2S. The van der Waals surface area contributed by atoms with Gasteiger partial charge >= 0.3 is 0 Å². The highest BCUT2D eigenvalue weighted by Crippen LogP contribution is 2.25. The third-order valence-electron chi connectivity index (χ3n) is 2.73. The van der Waals surface area contributed by atoms with Crippen LogP contribution >= 0.6 is 23.4 Å². The van der Waals surface area contributed by atoms with E-state index in [1.165, 1.54) is 11.8 Å². The molecule has 0 fully saturated rings. The van der Waals surface area contributed by atoms with Gasteiger partial charge in [0.05, 0.1) is 11.4 Å². The number of amides is 1. The zero-order valence-electron chi connectivity index (χ0n) is 11.5. The van der Waals surface area contributed by atoms with Gasteiger partial charge in [-0.2, -0.15) is 0 Å². The molecule has 1 rings (SSSR count). The van der Waals surface area contributed by atoms with Gasteiger partial charge in [-0.05, 0) is 44.5 Å². The van der Waals surface area contributed by atoms with E-state index in [0.717, 1.165) is 4.90 Å². The molecule has 1 N–H and O–H groups in total. The number of carbonyl (C=O) groups is 1. The zero-order valence-corrected chi connectivity index (χ0v) is 13.0. The molecule has 3 nitrogen and oxygen atoms in total. The lowest BCUT2D eigenvalue weighted by Gasteiger charge is -2.21. The van der Waals surface area contributed by atoms with Crippen molar-refractivity contribution in [1.29, 1.82) is 0 Å². The Morgan fingerprint density at radius 3 is 2.47 bits per heavy atom. The first-order chi connectivity index (χ1) is 8.90. The molecule has 0 spiro atoms. The van der Waals surface area contributed by atoms with Crippen molar-refractivity contribution < 1.29 is 9.90 Å². The van der Waals surface area contributed by atoms with Gasteiger partial charge in [-0.3, -0.25) is 4.79 Å². The van der Waals surface area contributed by atoms with Gasteiger partial charge in [0.25, 0.3) is 0 Å². The van der Waals surface area contributed by atoms with Crippen LogP contribution in [0.4, 0.5) is 0 Å². The predicted molar refractivity (Wildman–Crippen MR) is 80.7 cm³/mol. The third kappa shape index (κ3) is 5.85. The van der Waals surface area contributed by atoms with Crippen molar-refractivity contribution in [2.75, 3.05) is 13.6 Å². The van der Waals surface area contributed by atoms with Gasteiger partial charge in [0.1, 0.15) is 0 Å². The normalized spacial score (nSPS) is 13.9. The Morgan fingerprint density at radius 2 is 1.95 bits per heavy atom. The van der Waals surface area contributed by atoms with E-state index >= 15 is 0 Å². The molecule has 2 unspecified atom stereocenters. The average molecular weight is 302 g/mol. The first kappa shape index (κ1) is 16.3. The maximum Gasteiger partial charge on any atom is 0.235 e. The van der Waals surface area contributed by atoms with Gasteiger partial charge in [0, 0.05) is 23.5 Å². The van der Waals surface area contributed by atoms with Crippen LogP contribution in [-0.2, 0) is 4.79 Å². The lowest BCUT2D eigenvalue weighted by atomic mass is 10.2. The number of hydrogen-bond donors (Lipinski definition) is 1. The number of nitrogens with zero attached hydrogens (tertiary/aromatic N) is 1. The van der Waals surface area contributed by atoms with Crippen LogP contribution in [0.3, 0.4) is 0 Å². The maximum atomic E-state index is 12.1. The maximum absolute atomic E-state index is 12.1. The summed E-state index contributed by atoms with van der Waals surface area (Å²) >= 11 is 7.33. The molecule has 0 saturated carbocycles. The van der Waals surface area contributed by atoms with Crippen molar-refractivity contribution in [3.63, 3.8) is 0 Å². The second-order valence-corrected chi connectivity index (χ2v) is 6.46. The van der Waals surface area contributed by atoms with Crippen LogP contribution in [0.15, 0.2) is 29.2 Å². The van der Waals surface area contributed by atoms with Crippen molar-refractivity contribution in [2.45, 2.75) is 36.5 Å². The third-order valence-corrected chi connectivity index (χ3v) is 4.08. The highest BCUT2D eigenvalue weighted by Gasteiger charge is 2.18. The molecule has 1 aromatic rings. The Balaban J connectivity index is 2.50. The number of aliphatic hydroxyl groups is 1. The predicted octanol–water partition coefficient (Wildman–Crippen LogP) is 3.05. The largest absolute Gasteiger partial charge is 0.393 e. The molecule has 5 heteroatoms. The average Bonchev–Trinajstić information content (AvgIpc) is 2.37. The van der Waals surface area contributed by atoms with E-state index in [-0.39, 0.29) is 17.3 Å². The van der Waals surface area contributed by atoms with Crippen molar-refractivity contribution in [3.05, 3.63) is 29.3 Å². The molecule has 19 heavy (non-hydrogen) atoms. The van der Waals surface area contributed by atoms with Crippen molar-refractivity contribution in [2.24, 2.45) is 0 Å². The Hall–Kier alpha value is -0.710. The van der Waals surface area contributed by atoms with Crippen LogP contribution in [0.1, 0.15) is 20.3 Å². The minimum absolute atomic E-state index is 0.0700. The van der Waals surface area contributed by atoms with Gasteiger partial charge < -0.3 is 10.0 Å². The Labute approximate surface area is 123 Å². The quantitative estimate of drug-likeness (QED) is 0.821. The van der Waals surface area contributed by atoms with Crippen LogP contribution in [0, 0.1) is 0 Å². The molecule has 0 aliphatic carbocycles. The van der Waals surface area contributed by atoms with Crippen LogP contribution in [-0.4, -0.2) is 40.9 Å². The van der Waals surface area contributed by atoms with Crippen molar-refractivity contribution in [3.8, 4) is 0 Å². The van der Waals surface area contributed by atoms with E-state index in [4.69, 9.17) is 11.6 Å². The summed E-state index contributed by atoms with van der Waals surface area (Å²) in [5.74, 6) is 0.0700. The number of aliphatic hydroxyl groups excluding tert-OH is 1. The monoisotopic (exact) mass is 301 g/mol.